The number of nitrogens with zero attached hydrogens (tertiary/aromatic N) is 1. The van der Waals surface area contributed by atoms with Gasteiger partial charge in [0.05, 0.1) is 11.3 Å². The molecule has 0 heterocycles. The molecule has 0 aliphatic rings. The van der Waals surface area contributed by atoms with E-state index in [-0.39, 0.29) is 29.6 Å². The van der Waals surface area contributed by atoms with Crippen molar-refractivity contribution in [2.45, 2.75) is 19.9 Å². The first-order chi connectivity index (χ1) is 9.72. The van der Waals surface area contributed by atoms with Gasteiger partial charge in [0.1, 0.15) is 12.3 Å². The Hall–Kier alpha value is -2.77. The Labute approximate surface area is 121 Å². The van der Waals surface area contributed by atoms with Crippen LogP contribution in [0.5, 0.6) is 5.75 Å². The zero-order valence-corrected chi connectivity index (χ0v) is 11.7. The maximum absolute atomic E-state index is 12.1. The van der Waals surface area contributed by atoms with Crippen LogP contribution in [0.2, 0.25) is 0 Å². The number of carboxylic acids is 1. The van der Waals surface area contributed by atoms with Crippen LogP contribution in [0.4, 0.5) is 10.5 Å². The minimum Gasteiger partial charge on any atom is -0.508 e. The molecule has 0 aromatic heterocycles. The van der Waals surface area contributed by atoms with Crippen LogP contribution in [-0.2, 0) is 4.79 Å². The molecule has 0 saturated heterocycles. The average molecular weight is 295 g/mol. The number of benzene rings is 1. The molecule has 0 radical (unpaired) electrons. The van der Waals surface area contributed by atoms with E-state index in [1.54, 1.807) is 13.8 Å². The Bertz CT molecular complexity index is 571. The van der Waals surface area contributed by atoms with Gasteiger partial charge in [0, 0.05) is 6.04 Å². The number of hydrogen-bond acceptors (Lipinski definition) is 4. The van der Waals surface area contributed by atoms with Crippen molar-refractivity contribution in [3.05, 3.63) is 23.8 Å². The second-order valence-corrected chi connectivity index (χ2v) is 4.65. The third-order valence-electron chi connectivity index (χ3n) is 2.69. The molecule has 21 heavy (non-hydrogen) atoms. The van der Waals surface area contributed by atoms with E-state index in [1.807, 2.05) is 0 Å². The van der Waals surface area contributed by atoms with Gasteiger partial charge in [0.15, 0.2) is 0 Å². The Morgan fingerprint density at radius 3 is 2.43 bits per heavy atom. The summed E-state index contributed by atoms with van der Waals surface area (Å²) in [5.41, 5.74) is 4.83. The van der Waals surface area contributed by atoms with Gasteiger partial charge in [-0.2, -0.15) is 0 Å². The maximum atomic E-state index is 12.1. The smallest absolute Gasteiger partial charge is 0.337 e. The minimum atomic E-state index is -1.30. The molecule has 0 unspecified atom stereocenters. The summed E-state index contributed by atoms with van der Waals surface area (Å²) in [5.74, 6) is -2.21. The van der Waals surface area contributed by atoms with Gasteiger partial charge in [-0.1, -0.05) is 0 Å². The van der Waals surface area contributed by atoms with Crippen LogP contribution in [0, 0.1) is 0 Å². The third kappa shape index (κ3) is 4.37. The number of primary amides is 1. The van der Waals surface area contributed by atoms with Gasteiger partial charge in [-0.05, 0) is 32.0 Å². The highest BCUT2D eigenvalue weighted by Crippen LogP contribution is 2.21. The molecule has 5 N–H and O–H groups in total. The summed E-state index contributed by atoms with van der Waals surface area (Å²) in [7, 11) is 0. The fourth-order valence-electron chi connectivity index (χ4n) is 1.66. The molecule has 1 rings (SSSR count). The fourth-order valence-corrected chi connectivity index (χ4v) is 1.66. The van der Waals surface area contributed by atoms with Gasteiger partial charge in [-0.25, -0.2) is 9.59 Å². The van der Waals surface area contributed by atoms with Crippen molar-refractivity contribution < 1.29 is 24.6 Å². The molecule has 0 saturated carbocycles. The van der Waals surface area contributed by atoms with Crippen molar-refractivity contribution in [2.24, 2.45) is 5.73 Å². The number of rotatable bonds is 5. The van der Waals surface area contributed by atoms with Crippen LogP contribution in [0.25, 0.3) is 0 Å². The van der Waals surface area contributed by atoms with E-state index >= 15 is 0 Å². The van der Waals surface area contributed by atoms with Crippen molar-refractivity contribution in [1.82, 2.24) is 4.90 Å². The first-order valence-electron chi connectivity index (χ1n) is 6.14. The molecule has 3 amide bonds. The molecule has 8 nitrogen and oxygen atoms in total. The molecule has 0 aliphatic carbocycles. The monoisotopic (exact) mass is 295 g/mol. The number of nitrogens with one attached hydrogen (secondary N) is 1. The number of carbonyl (C=O) groups is 3. The van der Waals surface area contributed by atoms with E-state index < -0.39 is 17.9 Å². The molecule has 114 valence electrons. The summed E-state index contributed by atoms with van der Waals surface area (Å²) in [4.78, 5) is 35.3. The van der Waals surface area contributed by atoms with E-state index in [0.29, 0.717) is 0 Å². The topological polar surface area (TPSA) is 133 Å². The number of urea groups is 1. The van der Waals surface area contributed by atoms with Gasteiger partial charge in [-0.3, -0.25) is 4.79 Å². The molecule has 0 bridgehead atoms. The number of anilines is 1. The summed E-state index contributed by atoms with van der Waals surface area (Å²) >= 11 is 0. The summed E-state index contributed by atoms with van der Waals surface area (Å²) in [6, 6.07) is 2.57. The largest absolute Gasteiger partial charge is 0.508 e. The maximum Gasteiger partial charge on any atom is 0.337 e. The zero-order chi connectivity index (χ0) is 16.2. The second kappa shape index (κ2) is 6.60. The molecular weight excluding hydrogens is 278 g/mol. The Morgan fingerprint density at radius 1 is 1.33 bits per heavy atom. The standard InChI is InChI=1S/C13H17N3O5/c1-7(2)16(6-11(14)18)13(21)15-10-4-3-8(17)5-9(10)12(19)20/h3-5,7,17H,6H2,1-2H3,(H2,14,18)(H,15,21)(H,19,20). The summed E-state index contributed by atoms with van der Waals surface area (Å²) in [6.07, 6.45) is 0. The van der Waals surface area contributed by atoms with E-state index in [0.717, 1.165) is 6.07 Å². The average Bonchev–Trinajstić information content (AvgIpc) is 2.37. The van der Waals surface area contributed by atoms with Crippen LogP contribution >= 0.6 is 0 Å². The zero-order valence-electron chi connectivity index (χ0n) is 11.7. The van der Waals surface area contributed by atoms with E-state index in [2.05, 4.69) is 5.32 Å². The first kappa shape index (κ1) is 16.3. The molecule has 1 aromatic rings. The summed E-state index contributed by atoms with van der Waals surface area (Å²) in [6.45, 7) is 3.10. The lowest BCUT2D eigenvalue weighted by Gasteiger charge is -2.25. The first-order valence-corrected chi connectivity index (χ1v) is 6.14. The van der Waals surface area contributed by atoms with Gasteiger partial charge in [0.25, 0.3) is 0 Å². The van der Waals surface area contributed by atoms with Crippen molar-refractivity contribution >= 4 is 23.6 Å². The normalized spacial score (nSPS) is 10.2. The van der Waals surface area contributed by atoms with Gasteiger partial charge in [0.2, 0.25) is 5.91 Å². The molecule has 0 fully saturated rings. The number of carboxylic acid groups (broad SMARTS) is 1. The van der Waals surface area contributed by atoms with E-state index in [1.165, 1.54) is 17.0 Å². The number of nitrogens with two attached hydrogens (primary N) is 1. The molecule has 0 aliphatic heterocycles. The van der Waals surface area contributed by atoms with Crippen LogP contribution in [0.1, 0.15) is 24.2 Å². The highest BCUT2D eigenvalue weighted by Gasteiger charge is 2.21. The number of amides is 3. The SMILES string of the molecule is CC(C)N(CC(N)=O)C(=O)Nc1ccc(O)cc1C(=O)O. The number of aromatic carboxylic acids is 1. The molecular formula is C13H17N3O5. The van der Waals surface area contributed by atoms with Crippen molar-refractivity contribution in [3.8, 4) is 5.75 Å². The molecule has 0 atom stereocenters. The minimum absolute atomic E-state index is 0.0143. The number of phenols is 1. The number of carbonyl (C=O) groups excluding carboxylic acids is 2. The quantitative estimate of drug-likeness (QED) is 0.597. The highest BCUT2D eigenvalue weighted by atomic mass is 16.4. The number of hydrogen-bond donors (Lipinski definition) is 4. The van der Waals surface area contributed by atoms with Crippen LogP contribution in [0.15, 0.2) is 18.2 Å². The lowest BCUT2D eigenvalue weighted by molar-refractivity contribution is -0.118. The molecule has 8 heteroatoms. The predicted octanol–water partition coefficient (Wildman–Crippen LogP) is 0.818. The van der Waals surface area contributed by atoms with Gasteiger partial charge >= 0.3 is 12.0 Å². The lowest BCUT2D eigenvalue weighted by atomic mass is 10.1. The summed E-state index contributed by atoms with van der Waals surface area (Å²) < 4.78 is 0. The lowest BCUT2D eigenvalue weighted by Crippen LogP contribution is -2.45. The van der Waals surface area contributed by atoms with Crippen LogP contribution < -0.4 is 11.1 Å². The predicted molar refractivity (Wildman–Crippen MR) is 75.1 cm³/mol. The fraction of sp³-hybridized carbons (Fsp3) is 0.308. The van der Waals surface area contributed by atoms with E-state index in [4.69, 9.17) is 10.8 Å². The van der Waals surface area contributed by atoms with Crippen molar-refractivity contribution in [2.75, 3.05) is 11.9 Å². The number of aromatic hydroxyl groups is 1. The number of phenolic OH excluding ortho intramolecular Hbond substituents is 1. The van der Waals surface area contributed by atoms with Crippen molar-refractivity contribution in [3.63, 3.8) is 0 Å². The Kier molecular flexibility index (Phi) is 5.12. The molecule has 1 aromatic carbocycles. The summed E-state index contributed by atoms with van der Waals surface area (Å²) in [5, 5.41) is 20.7. The van der Waals surface area contributed by atoms with Crippen LogP contribution in [-0.4, -0.2) is 45.6 Å². The molecule has 0 spiro atoms. The van der Waals surface area contributed by atoms with Crippen molar-refractivity contribution in [1.29, 1.82) is 0 Å². The third-order valence-corrected chi connectivity index (χ3v) is 2.69. The second-order valence-electron chi connectivity index (χ2n) is 4.65. The van der Waals surface area contributed by atoms with Gasteiger partial charge in [-0.15, -0.1) is 0 Å². The Balaban J connectivity index is 3.01. The Morgan fingerprint density at radius 2 is 1.95 bits per heavy atom. The van der Waals surface area contributed by atoms with E-state index in [9.17, 15) is 19.5 Å². The van der Waals surface area contributed by atoms with Gasteiger partial charge < -0.3 is 26.2 Å². The highest BCUT2D eigenvalue weighted by molar-refractivity contribution is 6.01. The van der Waals surface area contributed by atoms with Crippen LogP contribution in [0.3, 0.4) is 0 Å².